The lowest BCUT2D eigenvalue weighted by Crippen LogP contribution is -2.55. The maximum absolute atomic E-state index is 12.8. The lowest BCUT2D eigenvalue weighted by atomic mass is 9.90. The number of carbonyl (C=O) groups is 1. The molecule has 124 valence electrons. The van der Waals surface area contributed by atoms with Crippen molar-refractivity contribution in [2.24, 2.45) is 0 Å². The summed E-state index contributed by atoms with van der Waals surface area (Å²) in [4.78, 5) is 17.0. The highest BCUT2D eigenvalue weighted by Gasteiger charge is 2.37. The second-order valence-electron chi connectivity index (χ2n) is 6.73. The number of hydrogen-bond donors (Lipinski definition) is 0. The van der Waals surface area contributed by atoms with E-state index in [1.165, 1.54) is 25.7 Å². The van der Waals surface area contributed by atoms with Gasteiger partial charge in [0.05, 0.1) is 18.8 Å². The topological polar surface area (TPSA) is 58.6 Å². The van der Waals surface area contributed by atoms with Crippen molar-refractivity contribution >= 4 is 11.7 Å². The van der Waals surface area contributed by atoms with Gasteiger partial charge in [0.15, 0.2) is 11.5 Å². The van der Waals surface area contributed by atoms with E-state index in [1.807, 2.05) is 17.0 Å². The molecule has 0 N–H and O–H groups in total. The molecule has 0 aromatic carbocycles. The van der Waals surface area contributed by atoms with E-state index in [9.17, 15) is 4.79 Å². The molecule has 2 saturated heterocycles. The molecule has 3 fully saturated rings. The molecule has 0 bridgehead atoms. The quantitative estimate of drug-likeness (QED) is 0.833. The van der Waals surface area contributed by atoms with Crippen LogP contribution in [0.25, 0.3) is 0 Å². The molecular weight excluding hydrogens is 292 g/mol. The summed E-state index contributed by atoms with van der Waals surface area (Å²) in [5.41, 5.74) is 0.458. The molecule has 4 rings (SSSR count). The van der Waals surface area contributed by atoms with Gasteiger partial charge in [-0.2, -0.15) is 0 Å². The zero-order chi connectivity index (χ0) is 15.6. The van der Waals surface area contributed by atoms with Crippen molar-refractivity contribution in [2.75, 3.05) is 31.1 Å². The Balaban J connectivity index is 1.49. The normalized spacial score (nSPS) is 27.8. The minimum atomic E-state index is 0.00525. The molecule has 1 amide bonds. The van der Waals surface area contributed by atoms with E-state index in [4.69, 9.17) is 4.74 Å². The van der Waals surface area contributed by atoms with Crippen LogP contribution in [0.5, 0.6) is 0 Å². The minimum Gasteiger partial charge on any atom is -0.374 e. The standard InChI is InChI=1S/C17H24N4O2/c22-17(21-11-12-23-15-6-2-1-5-14(15)21)13-7-8-16(19-18-13)20-9-3-4-10-20/h7-8,14-15H,1-6,9-12H2/t14-,15-/m1/s1. The number of fused-ring (bicyclic) bond motifs is 1. The Bertz CT molecular complexity index is 554. The van der Waals surface area contributed by atoms with Crippen LogP contribution in [0.3, 0.4) is 0 Å². The van der Waals surface area contributed by atoms with Crippen LogP contribution in [-0.2, 0) is 4.74 Å². The fourth-order valence-electron chi connectivity index (χ4n) is 4.05. The largest absolute Gasteiger partial charge is 0.374 e. The molecule has 6 nitrogen and oxygen atoms in total. The van der Waals surface area contributed by atoms with Crippen molar-refractivity contribution < 1.29 is 9.53 Å². The van der Waals surface area contributed by atoms with Crippen LogP contribution in [-0.4, -0.2) is 59.4 Å². The van der Waals surface area contributed by atoms with E-state index in [0.29, 0.717) is 18.8 Å². The van der Waals surface area contributed by atoms with Gasteiger partial charge < -0.3 is 14.5 Å². The van der Waals surface area contributed by atoms with Crippen molar-refractivity contribution in [3.63, 3.8) is 0 Å². The molecule has 3 aliphatic rings. The zero-order valence-corrected chi connectivity index (χ0v) is 13.5. The third-order valence-electron chi connectivity index (χ3n) is 5.29. The fraction of sp³-hybridized carbons (Fsp3) is 0.706. The van der Waals surface area contributed by atoms with Crippen LogP contribution < -0.4 is 4.90 Å². The third-order valence-corrected chi connectivity index (χ3v) is 5.29. The van der Waals surface area contributed by atoms with Gasteiger partial charge >= 0.3 is 0 Å². The fourth-order valence-corrected chi connectivity index (χ4v) is 4.05. The molecule has 1 aromatic rings. The number of anilines is 1. The summed E-state index contributed by atoms with van der Waals surface area (Å²) in [5, 5.41) is 8.49. The second kappa shape index (κ2) is 6.43. The molecule has 1 saturated carbocycles. The van der Waals surface area contributed by atoms with Gasteiger partial charge in [-0.25, -0.2) is 0 Å². The van der Waals surface area contributed by atoms with Crippen molar-refractivity contribution in [1.82, 2.24) is 15.1 Å². The number of nitrogens with zero attached hydrogens (tertiary/aromatic N) is 4. The van der Waals surface area contributed by atoms with E-state index in [2.05, 4.69) is 15.1 Å². The first-order chi connectivity index (χ1) is 11.3. The third kappa shape index (κ3) is 2.92. The molecule has 2 atom stereocenters. The maximum Gasteiger partial charge on any atom is 0.274 e. The van der Waals surface area contributed by atoms with E-state index < -0.39 is 0 Å². The van der Waals surface area contributed by atoms with Gasteiger partial charge in [0.25, 0.3) is 5.91 Å². The summed E-state index contributed by atoms with van der Waals surface area (Å²) < 4.78 is 5.85. The van der Waals surface area contributed by atoms with Crippen LogP contribution in [0.15, 0.2) is 12.1 Å². The molecule has 1 aromatic heterocycles. The first-order valence-corrected chi connectivity index (χ1v) is 8.84. The van der Waals surface area contributed by atoms with Gasteiger partial charge in [-0.15, -0.1) is 10.2 Å². The highest BCUT2D eigenvalue weighted by molar-refractivity contribution is 5.92. The lowest BCUT2D eigenvalue weighted by Gasteiger charge is -2.43. The second-order valence-corrected chi connectivity index (χ2v) is 6.73. The highest BCUT2D eigenvalue weighted by atomic mass is 16.5. The molecule has 1 aliphatic carbocycles. The molecule has 2 aliphatic heterocycles. The van der Waals surface area contributed by atoms with Crippen molar-refractivity contribution in [2.45, 2.75) is 50.7 Å². The number of rotatable bonds is 2. The van der Waals surface area contributed by atoms with Crippen molar-refractivity contribution in [1.29, 1.82) is 0 Å². The Morgan fingerprint density at radius 2 is 1.87 bits per heavy atom. The summed E-state index contributed by atoms with van der Waals surface area (Å²) in [5.74, 6) is 0.891. The molecular formula is C17H24N4O2. The van der Waals surface area contributed by atoms with Crippen LogP contribution in [0, 0.1) is 0 Å². The number of morpholine rings is 1. The first-order valence-electron chi connectivity index (χ1n) is 8.84. The predicted molar refractivity (Wildman–Crippen MR) is 86.5 cm³/mol. The average molecular weight is 316 g/mol. The smallest absolute Gasteiger partial charge is 0.274 e. The van der Waals surface area contributed by atoms with Crippen molar-refractivity contribution in [3.05, 3.63) is 17.8 Å². The molecule has 6 heteroatoms. The van der Waals surface area contributed by atoms with Gasteiger partial charge in [-0.3, -0.25) is 4.79 Å². The molecule has 23 heavy (non-hydrogen) atoms. The number of carbonyl (C=O) groups excluding carboxylic acids is 1. The highest BCUT2D eigenvalue weighted by Crippen LogP contribution is 2.29. The summed E-state index contributed by atoms with van der Waals surface area (Å²) in [6.07, 6.45) is 7.10. The molecule has 0 spiro atoms. The van der Waals surface area contributed by atoms with E-state index in [-0.39, 0.29) is 18.1 Å². The zero-order valence-electron chi connectivity index (χ0n) is 13.5. The molecule has 0 unspecified atom stereocenters. The number of ether oxygens (including phenoxy) is 1. The Labute approximate surface area is 136 Å². The van der Waals surface area contributed by atoms with Gasteiger partial charge in [-0.1, -0.05) is 12.8 Å². The van der Waals surface area contributed by atoms with Crippen LogP contribution in [0.2, 0.25) is 0 Å². The van der Waals surface area contributed by atoms with Gasteiger partial charge in [0.1, 0.15) is 0 Å². The number of aromatic nitrogens is 2. The number of amides is 1. The minimum absolute atomic E-state index is 0.00525. The summed E-state index contributed by atoms with van der Waals surface area (Å²) in [6, 6.07) is 3.98. The summed E-state index contributed by atoms with van der Waals surface area (Å²) >= 11 is 0. The maximum atomic E-state index is 12.8. The van der Waals surface area contributed by atoms with Crippen LogP contribution in [0.4, 0.5) is 5.82 Å². The Morgan fingerprint density at radius 1 is 1.04 bits per heavy atom. The Hall–Kier alpha value is -1.69. The summed E-state index contributed by atoms with van der Waals surface area (Å²) in [6.45, 7) is 3.37. The van der Waals surface area contributed by atoms with E-state index in [0.717, 1.165) is 31.7 Å². The van der Waals surface area contributed by atoms with Crippen LogP contribution >= 0.6 is 0 Å². The monoisotopic (exact) mass is 316 g/mol. The van der Waals surface area contributed by atoms with Crippen LogP contribution in [0.1, 0.15) is 49.0 Å². The summed E-state index contributed by atoms with van der Waals surface area (Å²) in [7, 11) is 0. The van der Waals surface area contributed by atoms with E-state index in [1.54, 1.807) is 0 Å². The van der Waals surface area contributed by atoms with Gasteiger partial charge in [0, 0.05) is 19.6 Å². The first kappa shape index (κ1) is 14.9. The average Bonchev–Trinajstić information content (AvgIpc) is 3.15. The predicted octanol–water partition coefficient (Wildman–Crippen LogP) is 1.86. The van der Waals surface area contributed by atoms with Crippen molar-refractivity contribution in [3.8, 4) is 0 Å². The Morgan fingerprint density at radius 3 is 2.65 bits per heavy atom. The van der Waals surface area contributed by atoms with Gasteiger partial charge in [-0.05, 0) is 37.8 Å². The molecule has 0 radical (unpaired) electrons. The van der Waals surface area contributed by atoms with Gasteiger partial charge in [0.2, 0.25) is 0 Å². The van der Waals surface area contributed by atoms with E-state index >= 15 is 0 Å². The molecule has 3 heterocycles. The number of hydrogen-bond acceptors (Lipinski definition) is 5. The Kier molecular flexibility index (Phi) is 4.16. The lowest BCUT2D eigenvalue weighted by molar-refractivity contribution is -0.0754. The SMILES string of the molecule is O=C(c1ccc(N2CCCC2)nn1)N1CCO[C@@H]2CCCC[C@H]21.